The first kappa shape index (κ1) is 15.2. The van der Waals surface area contributed by atoms with Gasteiger partial charge in [-0.3, -0.25) is 0 Å². The summed E-state index contributed by atoms with van der Waals surface area (Å²) < 4.78 is 10.8. The molecule has 0 atom stereocenters. The van der Waals surface area contributed by atoms with Gasteiger partial charge in [0.15, 0.2) is 0 Å². The number of nitrogen functional groups attached to an aromatic ring is 1. The number of ether oxygens (including phenoxy) is 2. The molecule has 2 rings (SSSR count). The van der Waals surface area contributed by atoms with Crippen LogP contribution < -0.4 is 10.5 Å². The van der Waals surface area contributed by atoms with Gasteiger partial charge >= 0.3 is 5.97 Å². The summed E-state index contributed by atoms with van der Waals surface area (Å²) in [5.74, 6) is 0.311. The molecular formula is C15H16N2O3S. The highest BCUT2D eigenvalue weighted by Gasteiger charge is 2.17. The molecule has 21 heavy (non-hydrogen) atoms. The van der Waals surface area contributed by atoms with E-state index in [9.17, 15) is 4.79 Å². The van der Waals surface area contributed by atoms with Crippen LogP contribution in [0.15, 0.2) is 41.4 Å². The monoisotopic (exact) mass is 304 g/mol. The summed E-state index contributed by atoms with van der Waals surface area (Å²) in [4.78, 5) is 17.0. The largest absolute Gasteiger partial charge is 0.462 e. The molecule has 0 unspecified atom stereocenters. The molecule has 0 aliphatic rings. The number of rotatable bonds is 5. The van der Waals surface area contributed by atoms with Gasteiger partial charge in [0.25, 0.3) is 0 Å². The number of benzene rings is 1. The van der Waals surface area contributed by atoms with E-state index in [4.69, 9.17) is 15.2 Å². The smallest absolute Gasteiger partial charge is 0.343 e. The van der Waals surface area contributed by atoms with Crippen molar-refractivity contribution in [2.45, 2.75) is 11.8 Å². The highest BCUT2D eigenvalue weighted by atomic mass is 32.2. The first-order valence-corrected chi connectivity index (χ1v) is 7.61. The molecule has 0 saturated carbocycles. The number of nitrogens with zero attached hydrogens (tertiary/aromatic N) is 1. The predicted octanol–water partition coefficient (Wildman–Crippen LogP) is 3.35. The number of thioether (sulfide) groups is 1. The number of pyridine rings is 1. The standard InChI is InChI=1S/C15H16N2O3S/c1-3-19-15(18)11-8-10(16)9-17-14(11)20-12-6-4-5-7-13(12)21-2/h4-9H,3,16H2,1-2H3. The van der Waals surface area contributed by atoms with Crippen molar-refractivity contribution in [3.8, 4) is 11.6 Å². The van der Waals surface area contributed by atoms with E-state index >= 15 is 0 Å². The molecular weight excluding hydrogens is 288 g/mol. The van der Waals surface area contributed by atoms with Crippen LogP contribution in [0.25, 0.3) is 0 Å². The number of para-hydroxylation sites is 1. The molecule has 0 aliphatic carbocycles. The van der Waals surface area contributed by atoms with Crippen LogP contribution >= 0.6 is 11.8 Å². The van der Waals surface area contributed by atoms with Crippen molar-refractivity contribution in [3.63, 3.8) is 0 Å². The summed E-state index contributed by atoms with van der Waals surface area (Å²) >= 11 is 1.55. The minimum Gasteiger partial charge on any atom is -0.462 e. The third-order valence-corrected chi connectivity index (χ3v) is 3.42. The predicted molar refractivity (Wildman–Crippen MR) is 82.9 cm³/mol. The first-order chi connectivity index (χ1) is 10.2. The highest BCUT2D eigenvalue weighted by molar-refractivity contribution is 7.98. The Labute approximate surface area is 127 Å². The second kappa shape index (κ2) is 6.99. The maximum atomic E-state index is 12.0. The quantitative estimate of drug-likeness (QED) is 0.674. The fourth-order valence-corrected chi connectivity index (χ4v) is 2.24. The van der Waals surface area contributed by atoms with Crippen molar-refractivity contribution in [3.05, 3.63) is 42.1 Å². The van der Waals surface area contributed by atoms with Crippen molar-refractivity contribution in [1.29, 1.82) is 0 Å². The molecule has 0 bridgehead atoms. The van der Waals surface area contributed by atoms with Gasteiger partial charge in [0.1, 0.15) is 11.3 Å². The van der Waals surface area contributed by atoms with Crippen LogP contribution in [0.3, 0.4) is 0 Å². The van der Waals surface area contributed by atoms with E-state index in [1.165, 1.54) is 12.3 Å². The number of carbonyl (C=O) groups excluding carboxylic acids is 1. The molecule has 1 aromatic heterocycles. The fraction of sp³-hybridized carbons (Fsp3) is 0.200. The van der Waals surface area contributed by atoms with Crippen LogP contribution in [0.4, 0.5) is 5.69 Å². The van der Waals surface area contributed by atoms with Crippen molar-refractivity contribution < 1.29 is 14.3 Å². The zero-order valence-electron chi connectivity index (χ0n) is 11.8. The lowest BCUT2D eigenvalue weighted by Gasteiger charge is -2.12. The maximum absolute atomic E-state index is 12.0. The van der Waals surface area contributed by atoms with Crippen LogP contribution in [0.1, 0.15) is 17.3 Å². The normalized spacial score (nSPS) is 10.2. The molecule has 110 valence electrons. The van der Waals surface area contributed by atoms with Crippen LogP contribution in [-0.2, 0) is 4.74 Å². The first-order valence-electron chi connectivity index (χ1n) is 6.39. The van der Waals surface area contributed by atoms with E-state index < -0.39 is 5.97 Å². The second-order valence-electron chi connectivity index (χ2n) is 4.09. The Balaban J connectivity index is 2.37. The fourth-order valence-electron chi connectivity index (χ4n) is 1.71. The van der Waals surface area contributed by atoms with Crippen LogP contribution in [0.2, 0.25) is 0 Å². The summed E-state index contributed by atoms with van der Waals surface area (Å²) in [5, 5.41) is 0. The average Bonchev–Trinajstić information content (AvgIpc) is 2.49. The van der Waals surface area contributed by atoms with Crippen LogP contribution in [0, 0.1) is 0 Å². The summed E-state index contributed by atoms with van der Waals surface area (Å²) in [6, 6.07) is 9.03. The number of anilines is 1. The van der Waals surface area contributed by atoms with Gasteiger partial charge in [-0.05, 0) is 31.4 Å². The van der Waals surface area contributed by atoms with E-state index in [-0.39, 0.29) is 18.1 Å². The third-order valence-electron chi connectivity index (χ3n) is 2.64. The topological polar surface area (TPSA) is 74.4 Å². The molecule has 0 amide bonds. The lowest BCUT2D eigenvalue weighted by Crippen LogP contribution is -2.08. The Morgan fingerprint density at radius 1 is 1.38 bits per heavy atom. The Hall–Kier alpha value is -2.21. The van der Waals surface area contributed by atoms with E-state index in [0.717, 1.165) is 4.90 Å². The van der Waals surface area contributed by atoms with Crippen molar-refractivity contribution >= 4 is 23.4 Å². The number of esters is 1. The van der Waals surface area contributed by atoms with E-state index in [2.05, 4.69) is 4.98 Å². The molecule has 0 aliphatic heterocycles. The average molecular weight is 304 g/mol. The molecule has 0 saturated heterocycles. The molecule has 0 fully saturated rings. The summed E-state index contributed by atoms with van der Waals surface area (Å²) in [5.41, 5.74) is 6.27. The van der Waals surface area contributed by atoms with Gasteiger partial charge in [0.2, 0.25) is 5.88 Å². The van der Waals surface area contributed by atoms with Gasteiger partial charge in [-0.15, -0.1) is 11.8 Å². The van der Waals surface area contributed by atoms with Crippen molar-refractivity contribution in [2.24, 2.45) is 0 Å². The molecule has 6 heteroatoms. The van der Waals surface area contributed by atoms with E-state index in [1.807, 2.05) is 30.5 Å². The van der Waals surface area contributed by atoms with Crippen LogP contribution in [0.5, 0.6) is 11.6 Å². The van der Waals surface area contributed by atoms with Gasteiger partial charge in [-0.1, -0.05) is 12.1 Å². The second-order valence-corrected chi connectivity index (χ2v) is 4.94. The lowest BCUT2D eigenvalue weighted by molar-refractivity contribution is 0.0522. The summed E-state index contributed by atoms with van der Waals surface area (Å²) in [7, 11) is 0. The molecule has 1 heterocycles. The molecule has 1 aromatic carbocycles. The Bertz CT molecular complexity index is 647. The number of hydrogen-bond donors (Lipinski definition) is 1. The molecule has 0 radical (unpaired) electrons. The van der Waals surface area contributed by atoms with E-state index in [1.54, 1.807) is 18.7 Å². The number of hydrogen-bond acceptors (Lipinski definition) is 6. The Kier molecular flexibility index (Phi) is 5.05. The molecule has 2 N–H and O–H groups in total. The van der Waals surface area contributed by atoms with Crippen molar-refractivity contribution in [1.82, 2.24) is 4.98 Å². The Morgan fingerprint density at radius 2 is 2.14 bits per heavy atom. The molecule has 2 aromatic rings. The minimum atomic E-state index is -0.506. The summed E-state index contributed by atoms with van der Waals surface area (Å²) in [6.45, 7) is 2.01. The lowest BCUT2D eigenvalue weighted by atomic mass is 10.2. The van der Waals surface area contributed by atoms with Gasteiger partial charge in [0, 0.05) is 4.90 Å². The third kappa shape index (κ3) is 3.66. The van der Waals surface area contributed by atoms with Gasteiger partial charge < -0.3 is 15.2 Å². The Morgan fingerprint density at radius 3 is 2.86 bits per heavy atom. The number of nitrogens with two attached hydrogens (primary N) is 1. The van der Waals surface area contributed by atoms with Gasteiger partial charge in [0.05, 0.1) is 18.5 Å². The minimum absolute atomic E-state index is 0.184. The molecule has 0 spiro atoms. The molecule has 5 nitrogen and oxygen atoms in total. The highest BCUT2D eigenvalue weighted by Crippen LogP contribution is 2.32. The summed E-state index contributed by atoms with van der Waals surface area (Å²) in [6.07, 6.45) is 3.39. The van der Waals surface area contributed by atoms with Gasteiger partial charge in [-0.25, -0.2) is 9.78 Å². The van der Waals surface area contributed by atoms with Crippen LogP contribution in [-0.4, -0.2) is 23.8 Å². The number of aromatic nitrogens is 1. The van der Waals surface area contributed by atoms with E-state index in [0.29, 0.717) is 11.4 Å². The zero-order chi connectivity index (χ0) is 15.2. The SMILES string of the molecule is CCOC(=O)c1cc(N)cnc1Oc1ccccc1SC. The zero-order valence-corrected chi connectivity index (χ0v) is 12.6. The van der Waals surface area contributed by atoms with Crippen molar-refractivity contribution in [2.75, 3.05) is 18.6 Å². The van der Waals surface area contributed by atoms with Gasteiger partial charge in [-0.2, -0.15) is 0 Å². The maximum Gasteiger partial charge on any atom is 0.343 e. The number of carbonyl (C=O) groups is 1.